The van der Waals surface area contributed by atoms with Crippen molar-refractivity contribution < 1.29 is 23.9 Å². The highest BCUT2D eigenvalue weighted by Gasteiger charge is 2.35. The number of nitrogens with one attached hydrogen (secondary N) is 2. The summed E-state index contributed by atoms with van der Waals surface area (Å²) in [7, 11) is 0. The lowest BCUT2D eigenvalue weighted by Crippen LogP contribution is -2.53. The van der Waals surface area contributed by atoms with E-state index in [0.717, 1.165) is 29.2 Å². The van der Waals surface area contributed by atoms with Crippen LogP contribution in [-0.4, -0.2) is 73.5 Å². The van der Waals surface area contributed by atoms with Gasteiger partial charge in [0.25, 0.3) is 0 Å². The number of ether oxygens (including phenoxy) is 1. The number of likely N-dealkylation sites (tertiary alicyclic amines) is 1. The van der Waals surface area contributed by atoms with E-state index in [4.69, 9.17) is 16.2 Å². The maximum Gasteiger partial charge on any atom is 0.243 e. The van der Waals surface area contributed by atoms with Crippen molar-refractivity contribution in [2.24, 2.45) is 11.5 Å². The van der Waals surface area contributed by atoms with Crippen LogP contribution in [0, 0.1) is 0 Å². The molecule has 2 aromatic carbocycles. The Hall–Kier alpha value is -3.50. The van der Waals surface area contributed by atoms with Gasteiger partial charge in [0.1, 0.15) is 18.7 Å². The molecule has 0 bridgehead atoms. The Labute approximate surface area is 217 Å². The monoisotopic (exact) mass is 511 g/mol. The van der Waals surface area contributed by atoms with Crippen LogP contribution in [-0.2, 0) is 30.3 Å². The zero-order valence-electron chi connectivity index (χ0n) is 21.1. The third-order valence-electron chi connectivity index (χ3n) is 6.47. The van der Waals surface area contributed by atoms with E-state index in [1.54, 1.807) is 4.90 Å². The predicted molar refractivity (Wildman–Crippen MR) is 140 cm³/mol. The van der Waals surface area contributed by atoms with Crippen molar-refractivity contribution in [3.8, 4) is 0 Å². The summed E-state index contributed by atoms with van der Waals surface area (Å²) in [5, 5.41) is 7.66. The topological polar surface area (TPSA) is 157 Å². The number of benzene rings is 2. The van der Waals surface area contributed by atoms with Crippen LogP contribution in [0.15, 0.2) is 42.5 Å². The highest BCUT2D eigenvalue weighted by atomic mass is 16.5. The van der Waals surface area contributed by atoms with Crippen LogP contribution in [0.4, 0.5) is 0 Å². The summed E-state index contributed by atoms with van der Waals surface area (Å²) in [4.78, 5) is 51.7. The standard InChI is InChI=1S/C27H37N5O5/c28-13-4-3-11-22(26(35)30-14-16-37-18-24(29)33)31-27(36)23-12-6-15-32(23)25(34)17-20-9-5-8-19-7-1-2-10-21(19)20/h1-2,5,7-10,22-23H,3-4,6,11-18,28H2,(H2,29,33)(H,30,35)(H,31,36)/t22?,23-/m0/s1. The van der Waals surface area contributed by atoms with Crippen molar-refractivity contribution in [3.05, 3.63) is 48.0 Å². The van der Waals surface area contributed by atoms with Gasteiger partial charge >= 0.3 is 0 Å². The number of hydrogen-bond acceptors (Lipinski definition) is 6. The van der Waals surface area contributed by atoms with Crippen LogP contribution < -0.4 is 22.1 Å². The van der Waals surface area contributed by atoms with E-state index in [-0.39, 0.29) is 43.9 Å². The first-order valence-corrected chi connectivity index (χ1v) is 12.8. The average molecular weight is 512 g/mol. The molecule has 0 aromatic heterocycles. The van der Waals surface area contributed by atoms with E-state index in [2.05, 4.69) is 10.6 Å². The van der Waals surface area contributed by atoms with Gasteiger partial charge < -0.3 is 31.7 Å². The second-order valence-corrected chi connectivity index (χ2v) is 9.22. The van der Waals surface area contributed by atoms with E-state index < -0.39 is 18.0 Å². The van der Waals surface area contributed by atoms with Gasteiger partial charge in [0.2, 0.25) is 23.6 Å². The molecule has 1 unspecified atom stereocenters. The highest BCUT2D eigenvalue weighted by Crippen LogP contribution is 2.23. The van der Waals surface area contributed by atoms with Crippen LogP contribution in [0.25, 0.3) is 10.8 Å². The molecule has 4 amide bonds. The molecule has 10 heteroatoms. The van der Waals surface area contributed by atoms with Gasteiger partial charge in [-0.25, -0.2) is 0 Å². The van der Waals surface area contributed by atoms with E-state index in [1.165, 1.54) is 0 Å². The average Bonchev–Trinajstić information content (AvgIpc) is 3.38. The molecule has 2 atom stereocenters. The largest absolute Gasteiger partial charge is 0.370 e. The molecule has 1 saturated heterocycles. The number of carbonyl (C=O) groups is 4. The number of fused-ring (bicyclic) bond motifs is 1. The second-order valence-electron chi connectivity index (χ2n) is 9.22. The van der Waals surface area contributed by atoms with Crippen molar-refractivity contribution in [3.63, 3.8) is 0 Å². The molecule has 2 aromatic rings. The fourth-order valence-corrected chi connectivity index (χ4v) is 4.62. The highest BCUT2D eigenvalue weighted by molar-refractivity contribution is 5.94. The molecular formula is C27H37N5O5. The maximum atomic E-state index is 13.3. The number of nitrogens with zero attached hydrogens (tertiary/aromatic N) is 1. The van der Waals surface area contributed by atoms with Crippen molar-refractivity contribution in [1.29, 1.82) is 0 Å². The van der Waals surface area contributed by atoms with Crippen molar-refractivity contribution in [1.82, 2.24) is 15.5 Å². The number of nitrogens with two attached hydrogens (primary N) is 2. The van der Waals surface area contributed by atoms with Gasteiger partial charge in [-0.2, -0.15) is 0 Å². The Morgan fingerprint density at radius 2 is 1.86 bits per heavy atom. The number of hydrogen-bond donors (Lipinski definition) is 4. The van der Waals surface area contributed by atoms with E-state index in [9.17, 15) is 19.2 Å². The minimum atomic E-state index is -0.759. The Morgan fingerprint density at radius 3 is 2.65 bits per heavy atom. The number of unbranched alkanes of at least 4 members (excludes halogenated alkanes) is 1. The first kappa shape index (κ1) is 28.1. The molecule has 10 nitrogen and oxygen atoms in total. The van der Waals surface area contributed by atoms with Gasteiger partial charge in [0.15, 0.2) is 0 Å². The summed E-state index contributed by atoms with van der Waals surface area (Å²) in [6.07, 6.45) is 3.29. The summed E-state index contributed by atoms with van der Waals surface area (Å²) >= 11 is 0. The molecule has 0 saturated carbocycles. The fourth-order valence-electron chi connectivity index (χ4n) is 4.62. The molecule has 37 heavy (non-hydrogen) atoms. The van der Waals surface area contributed by atoms with Crippen molar-refractivity contribution >= 4 is 34.4 Å². The predicted octanol–water partition coefficient (Wildman–Crippen LogP) is 0.605. The zero-order chi connectivity index (χ0) is 26.6. The lowest BCUT2D eigenvalue weighted by molar-refractivity contribution is -0.139. The molecule has 1 heterocycles. The van der Waals surface area contributed by atoms with Gasteiger partial charge in [0.05, 0.1) is 13.0 Å². The van der Waals surface area contributed by atoms with Gasteiger partial charge in [-0.3, -0.25) is 19.2 Å². The van der Waals surface area contributed by atoms with Gasteiger partial charge in [0, 0.05) is 13.1 Å². The zero-order valence-corrected chi connectivity index (χ0v) is 21.1. The molecule has 0 spiro atoms. The Morgan fingerprint density at radius 1 is 1.08 bits per heavy atom. The van der Waals surface area contributed by atoms with Gasteiger partial charge in [-0.05, 0) is 55.0 Å². The number of amides is 4. The van der Waals surface area contributed by atoms with Gasteiger partial charge in [-0.15, -0.1) is 0 Å². The third-order valence-corrected chi connectivity index (χ3v) is 6.47. The molecule has 1 aliphatic heterocycles. The molecular weight excluding hydrogens is 474 g/mol. The summed E-state index contributed by atoms with van der Waals surface area (Å²) in [6.45, 7) is 1.06. The number of carbonyl (C=O) groups excluding carboxylic acids is 4. The van der Waals surface area contributed by atoms with Crippen molar-refractivity contribution in [2.75, 3.05) is 32.8 Å². The SMILES string of the molecule is NCCCCC(NC(=O)[C@@H]1CCCN1C(=O)Cc1cccc2ccccc12)C(=O)NCCOCC(N)=O. The Bertz CT molecular complexity index is 1090. The molecule has 1 aliphatic rings. The molecule has 0 aliphatic carbocycles. The van der Waals surface area contributed by atoms with Crippen LogP contribution >= 0.6 is 0 Å². The minimum Gasteiger partial charge on any atom is -0.370 e. The molecule has 1 fully saturated rings. The van der Waals surface area contributed by atoms with Crippen LogP contribution in [0.2, 0.25) is 0 Å². The molecule has 6 N–H and O–H groups in total. The normalized spacial score (nSPS) is 15.9. The van der Waals surface area contributed by atoms with Crippen molar-refractivity contribution in [2.45, 2.75) is 50.6 Å². The van der Waals surface area contributed by atoms with E-state index in [1.807, 2.05) is 42.5 Å². The first-order valence-electron chi connectivity index (χ1n) is 12.8. The molecule has 200 valence electrons. The Kier molecular flexibility index (Phi) is 10.8. The quantitative estimate of drug-likeness (QED) is 0.272. The van der Waals surface area contributed by atoms with Gasteiger partial charge in [-0.1, -0.05) is 42.5 Å². The van der Waals surface area contributed by atoms with Crippen LogP contribution in [0.5, 0.6) is 0 Å². The number of primary amides is 1. The van der Waals surface area contributed by atoms with E-state index >= 15 is 0 Å². The second kappa shape index (κ2) is 14.3. The van der Waals surface area contributed by atoms with Crippen LogP contribution in [0.3, 0.4) is 0 Å². The molecule has 3 rings (SSSR count). The minimum absolute atomic E-state index is 0.107. The van der Waals surface area contributed by atoms with Crippen LogP contribution in [0.1, 0.15) is 37.7 Å². The summed E-state index contributed by atoms with van der Waals surface area (Å²) in [5.41, 5.74) is 11.5. The third kappa shape index (κ3) is 8.26. The lowest BCUT2D eigenvalue weighted by Gasteiger charge is -2.26. The molecule has 0 radical (unpaired) electrons. The fraction of sp³-hybridized carbons (Fsp3) is 0.481. The summed E-state index contributed by atoms with van der Waals surface area (Å²) in [6, 6.07) is 12.4. The van der Waals surface area contributed by atoms with E-state index in [0.29, 0.717) is 32.4 Å². The number of rotatable bonds is 14. The summed E-state index contributed by atoms with van der Waals surface area (Å²) < 4.78 is 5.06. The maximum absolute atomic E-state index is 13.3. The summed E-state index contributed by atoms with van der Waals surface area (Å²) in [5.74, 6) is -1.37. The smallest absolute Gasteiger partial charge is 0.243 e. The lowest BCUT2D eigenvalue weighted by atomic mass is 10.0. The Balaban J connectivity index is 1.61. The first-order chi connectivity index (χ1) is 17.9.